The van der Waals surface area contributed by atoms with Crippen molar-refractivity contribution in [3.63, 3.8) is 0 Å². The van der Waals surface area contributed by atoms with E-state index < -0.39 is 0 Å². The molecule has 0 heterocycles. The first-order valence-corrected chi connectivity index (χ1v) is 3.67. The SMILES string of the molecule is CNc1ccc(O)cc1C(C)=O. The lowest BCUT2D eigenvalue weighted by molar-refractivity contribution is 0.101. The van der Waals surface area contributed by atoms with Crippen LogP contribution >= 0.6 is 0 Å². The van der Waals surface area contributed by atoms with Crippen LogP contribution in [0, 0.1) is 0 Å². The smallest absolute Gasteiger partial charge is 0.162 e. The molecule has 0 amide bonds. The van der Waals surface area contributed by atoms with Crippen molar-refractivity contribution in [1.29, 1.82) is 0 Å². The van der Waals surface area contributed by atoms with Gasteiger partial charge in [-0.3, -0.25) is 4.79 Å². The Labute approximate surface area is 71.0 Å². The lowest BCUT2D eigenvalue weighted by Gasteiger charge is -2.05. The minimum Gasteiger partial charge on any atom is -0.508 e. The zero-order valence-electron chi connectivity index (χ0n) is 7.09. The Morgan fingerprint density at radius 3 is 2.67 bits per heavy atom. The topological polar surface area (TPSA) is 49.3 Å². The number of aromatic hydroxyl groups is 1. The summed E-state index contributed by atoms with van der Waals surface area (Å²) in [6, 6.07) is 4.67. The van der Waals surface area contributed by atoms with Crippen LogP contribution < -0.4 is 5.32 Å². The Morgan fingerprint density at radius 1 is 1.50 bits per heavy atom. The molecule has 1 rings (SSSR count). The van der Waals surface area contributed by atoms with E-state index >= 15 is 0 Å². The Balaban J connectivity index is 3.21. The van der Waals surface area contributed by atoms with Gasteiger partial charge < -0.3 is 10.4 Å². The second-order valence-corrected chi connectivity index (χ2v) is 2.54. The number of hydrogen-bond acceptors (Lipinski definition) is 3. The first-order valence-electron chi connectivity index (χ1n) is 3.67. The van der Waals surface area contributed by atoms with Gasteiger partial charge in [-0.05, 0) is 25.1 Å². The number of benzene rings is 1. The minimum absolute atomic E-state index is 0.0600. The summed E-state index contributed by atoms with van der Waals surface area (Å²) in [5.74, 6) is 0.0504. The molecule has 0 aromatic heterocycles. The number of Topliss-reactive ketones (excluding diaryl/α,β-unsaturated/α-hetero) is 1. The summed E-state index contributed by atoms with van der Waals surface area (Å²) in [5.41, 5.74) is 1.25. The maximum atomic E-state index is 11.0. The third-order valence-corrected chi connectivity index (χ3v) is 1.65. The number of anilines is 1. The number of hydrogen-bond donors (Lipinski definition) is 2. The number of phenolic OH excluding ortho intramolecular Hbond substituents is 1. The molecule has 0 spiro atoms. The molecule has 0 atom stereocenters. The molecule has 0 radical (unpaired) electrons. The van der Waals surface area contributed by atoms with Gasteiger partial charge in [-0.25, -0.2) is 0 Å². The number of ketones is 1. The van der Waals surface area contributed by atoms with E-state index in [0.717, 1.165) is 5.69 Å². The van der Waals surface area contributed by atoms with Crippen molar-refractivity contribution in [2.45, 2.75) is 6.92 Å². The van der Waals surface area contributed by atoms with Crippen molar-refractivity contribution in [2.24, 2.45) is 0 Å². The molecule has 0 aliphatic carbocycles. The van der Waals surface area contributed by atoms with Crippen LogP contribution in [0.5, 0.6) is 5.75 Å². The van der Waals surface area contributed by atoms with Gasteiger partial charge >= 0.3 is 0 Å². The van der Waals surface area contributed by atoms with Gasteiger partial charge in [0.1, 0.15) is 5.75 Å². The summed E-state index contributed by atoms with van der Waals surface area (Å²) >= 11 is 0. The molecular weight excluding hydrogens is 154 g/mol. The molecule has 2 N–H and O–H groups in total. The predicted octanol–water partition coefficient (Wildman–Crippen LogP) is 1.64. The van der Waals surface area contributed by atoms with Crippen LogP contribution in [0.4, 0.5) is 5.69 Å². The molecule has 0 unspecified atom stereocenters. The van der Waals surface area contributed by atoms with Crippen LogP contribution in [0.15, 0.2) is 18.2 Å². The molecule has 64 valence electrons. The monoisotopic (exact) mass is 165 g/mol. The van der Waals surface area contributed by atoms with Gasteiger partial charge in [0.15, 0.2) is 5.78 Å². The summed E-state index contributed by atoms with van der Waals surface area (Å²) < 4.78 is 0. The average Bonchev–Trinajstić information content (AvgIpc) is 2.04. The normalized spacial score (nSPS) is 9.50. The van der Waals surface area contributed by atoms with Crippen LogP contribution in [0.3, 0.4) is 0 Å². The Kier molecular flexibility index (Phi) is 2.33. The quantitative estimate of drug-likeness (QED) is 0.517. The molecule has 12 heavy (non-hydrogen) atoms. The van der Waals surface area contributed by atoms with Gasteiger partial charge in [-0.1, -0.05) is 0 Å². The highest BCUT2D eigenvalue weighted by Crippen LogP contribution is 2.20. The molecular formula is C9H11NO2. The number of carbonyl (C=O) groups is 1. The van der Waals surface area contributed by atoms with Gasteiger partial charge in [0, 0.05) is 18.3 Å². The molecule has 3 heteroatoms. The fourth-order valence-electron chi connectivity index (χ4n) is 1.04. The van der Waals surface area contributed by atoms with Crippen molar-refractivity contribution in [3.05, 3.63) is 23.8 Å². The van der Waals surface area contributed by atoms with Crippen molar-refractivity contribution in [2.75, 3.05) is 12.4 Å². The zero-order chi connectivity index (χ0) is 9.14. The highest BCUT2D eigenvalue weighted by Gasteiger charge is 2.05. The van der Waals surface area contributed by atoms with Crippen molar-refractivity contribution >= 4 is 11.5 Å². The van der Waals surface area contributed by atoms with Crippen LogP contribution in [-0.2, 0) is 0 Å². The van der Waals surface area contributed by atoms with E-state index in [1.807, 2.05) is 0 Å². The Hall–Kier alpha value is -1.51. The summed E-state index contributed by atoms with van der Waals surface area (Å²) in [6.45, 7) is 1.47. The number of rotatable bonds is 2. The molecule has 0 fully saturated rings. The second kappa shape index (κ2) is 3.26. The van der Waals surface area contributed by atoms with Gasteiger partial charge in [0.25, 0.3) is 0 Å². The van der Waals surface area contributed by atoms with Gasteiger partial charge in [0.05, 0.1) is 0 Å². The molecule has 1 aromatic rings. The van der Waals surface area contributed by atoms with Gasteiger partial charge in [0.2, 0.25) is 0 Å². The van der Waals surface area contributed by atoms with E-state index in [0.29, 0.717) is 5.56 Å². The van der Waals surface area contributed by atoms with E-state index in [2.05, 4.69) is 5.32 Å². The Bertz CT molecular complexity index is 307. The molecule has 0 saturated heterocycles. The van der Waals surface area contributed by atoms with Crippen LogP contribution in [0.1, 0.15) is 17.3 Å². The second-order valence-electron chi connectivity index (χ2n) is 2.54. The first kappa shape index (κ1) is 8.59. The molecule has 0 aliphatic heterocycles. The van der Waals surface area contributed by atoms with Crippen molar-refractivity contribution < 1.29 is 9.90 Å². The standard InChI is InChI=1S/C9H11NO2/c1-6(11)8-5-7(12)3-4-9(8)10-2/h3-5,10,12H,1-2H3. The summed E-state index contributed by atoms with van der Waals surface area (Å²) in [4.78, 5) is 11.0. The fraction of sp³-hybridized carbons (Fsp3) is 0.222. The lowest BCUT2D eigenvalue weighted by atomic mass is 10.1. The lowest BCUT2D eigenvalue weighted by Crippen LogP contribution is -1.99. The van der Waals surface area contributed by atoms with Crippen LogP contribution in [0.2, 0.25) is 0 Å². The highest BCUT2D eigenvalue weighted by molar-refractivity contribution is 5.99. The van der Waals surface area contributed by atoms with E-state index in [1.54, 1.807) is 13.1 Å². The number of phenols is 1. The largest absolute Gasteiger partial charge is 0.508 e. The van der Waals surface area contributed by atoms with E-state index in [4.69, 9.17) is 5.11 Å². The molecule has 0 saturated carbocycles. The zero-order valence-corrected chi connectivity index (χ0v) is 7.09. The maximum Gasteiger partial charge on any atom is 0.162 e. The molecule has 3 nitrogen and oxygen atoms in total. The maximum absolute atomic E-state index is 11.0. The van der Waals surface area contributed by atoms with Crippen LogP contribution in [-0.4, -0.2) is 17.9 Å². The molecule has 0 bridgehead atoms. The number of nitrogens with one attached hydrogen (secondary N) is 1. The summed E-state index contributed by atoms with van der Waals surface area (Å²) in [5, 5.41) is 12.0. The Morgan fingerprint density at radius 2 is 2.17 bits per heavy atom. The predicted molar refractivity (Wildman–Crippen MR) is 47.7 cm³/mol. The fourth-order valence-corrected chi connectivity index (χ4v) is 1.04. The van der Waals surface area contributed by atoms with E-state index in [9.17, 15) is 4.79 Å². The first-order chi connectivity index (χ1) is 5.65. The average molecular weight is 165 g/mol. The highest BCUT2D eigenvalue weighted by atomic mass is 16.3. The third kappa shape index (κ3) is 1.56. The van der Waals surface area contributed by atoms with E-state index in [-0.39, 0.29) is 11.5 Å². The summed E-state index contributed by atoms with van der Waals surface area (Å²) in [6.07, 6.45) is 0. The van der Waals surface area contributed by atoms with E-state index in [1.165, 1.54) is 19.1 Å². The van der Waals surface area contributed by atoms with Gasteiger partial charge in [-0.2, -0.15) is 0 Å². The molecule has 1 aromatic carbocycles. The molecule has 0 aliphatic rings. The number of carbonyl (C=O) groups excluding carboxylic acids is 1. The third-order valence-electron chi connectivity index (χ3n) is 1.65. The van der Waals surface area contributed by atoms with Crippen LogP contribution in [0.25, 0.3) is 0 Å². The summed E-state index contributed by atoms with van der Waals surface area (Å²) in [7, 11) is 1.73. The van der Waals surface area contributed by atoms with Gasteiger partial charge in [-0.15, -0.1) is 0 Å². The minimum atomic E-state index is -0.0600. The van der Waals surface area contributed by atoms with Crippen molar-refractivity contribution in [1.82, 2.24) is 0 Å². The van der Waals surface area contributed by atoms with Crippen molar-refractivity contribution in [3.8, 4) is 5.75 Å².